The molecule has 0 aliphatic carbocycles. The Labute approximate surface area is 210 Å². The van der Waals surface area contributed by atoms with Crippen LogP contribution in [-0.2, 0) is 16.7 Å². The quantitative estimate of drug-likeness (QED) is 0.270. The molecule has 2 aromatic carbocycles. The monoisotopic (exact) mass is 514 g/mol. The number of aromatic nitrogens is 1. The second-order valence-electron chi connectivity index (χ2n) is 9.21. The van der Waals surface area contributed by atoms with Gasteiger partial charge in [0.15, 0.2) is 21.2 Å². The van der Waals surface area contributed by atoms with Crippen molar-refractivity contribution in [3.05, 3.63) is 70.3 Å². The summed E-state index contributed by atoms with van der Waals surface area (Å²) in [5.74, 6) is 1.48. The number of hydrogen-bond acceptors (Lipinski definition) is 5. The van der Waals surface area contributed by atoms with E-state index in [1.54, 1.807) is 0 Å². The van der Waals surface area contributed by atoms with E-state index < -0.39 is 15.5 Å². The molecule has 35 heavy (non-hydrogen) atoms. The van der Waals surface area contributed by atoms with Crippen LogP contribution in [0.25, 0.3) is 17.2 Å². The maximum atomic E-state index is 12.4. The smallest absolute Gasteiger partial charge is 0.374 e. The van der Waals surface area contributed by atoms with Gasteiger partial charge in [-0.3, -0.25) is 4.90 Å². The lowest BCUT2D eigenvalue weighted by atomic mass is 10.1. The summed E-state index contributed by atoms with van der Waals surface area (Å²) in [6.07, 6.45) is 4.26. The molecule has 3 heterocycles. The molecular formula is C26H29ClN3O4S+. The van der Waals surface area contributed by atoms with Gasteiger partial charge in [-0.1, -0.05) is 23.7 Å². The van der Waals surface area contributed by atoms with E-state index in [-0.39, 0.29) is 4.48 Å². The van der Waals surface area contributed by atoms with Crippen molar-refractivity contribution in [2.45, 2.75) is 46.0 Å². The van der Waals surface area contributed by atoms with E-state index in [4.69, 9.17) is 16.0 Å². The molecule has 0 saturated carbocycles. The molecule has 0 radical (unpaired) electrons. The Morgan fingerprint density at radius 1 is 1.31 bits per heavy atom. The predicted molar refractivity (Wildman–Crippen MR) is 138 cm³/mol. The van der Waals surface area contributed by atoms with Crippen LogP contribution < -0.4 is 14.0 Å². The Kier molecular flexibility index (Phi) is 5.83. The van der Waals surface area contributed by atoms with E-state index in [2.05, 4.69) is 16.4 Å². The first-order valence-corrected chi connectivity index (χ1v) is 13.7. The number of hydrogen-bond donors (Lipinski definition) is 0. The molecule has 1 aromatic heterocycles. The fraction of sp³-hybridized carbons (Fsp3) is 0.346. The highest BCUT2D eigenvalue weighted by Crippen LogP contribution is 2.55. The van der Waals surface area contributed by atoms with Crippen LogP contribution in [0.15, 0.2) is 58.3 Å². The zero-order chi connectivity index (χ0) is 25.1. The number of allylic oxidation sites excluding steroid dienone is 2. The third-order valence-electron chi connectivity index (χ3n) is 7.19. The van der Waals surface area contributed by atoms with Gasteiger partial charge in [0.1, 0.15) is 12.2 Å². The molecule has 1 fully saturated rings. The number of aryl methyl sites for hydroxylation is 2. The number of anilines is 1. The fourth-order valence-corrected chi connectivity index (χ4v) is 6.82. The molecule has 2 atom stereocenters. The molecule has 184 valence electrons. The van der Waals surface area contributed by atoms with E-state index in [9.17, 15) is 13.0 Å². The van der Waals surface area contributed by atoms with Crippen molar-refractivity contribution in [2.24, 2.45) is 0 Å². The summed E-state index contributed by atoms with van der Waals surface area (Å²) < 4.78 is 45.3. The molecule has 7 nitrogen and oxygen atoms in total. The summed E-state index contributed by atoms with van der Waals surface area (Å²) in [7, 11) is -4.54. The summed E-state index contributed by atoms with van der Waals surface area (Å²) in [6, 6.07) is 11.7. The Morgan fingerprint density at radius 3 is 2.69 bits per heavy atom. The maximum absolute atomic E-state index is 12.4. The standard InChI is InChI=1S/C26H29ClN3O4S/c1-5-28-21-15-18(4)19(27)16-22(21)30(12-11-26(30)35(31,32)33)24(28)13-17(3)14-25-29(6-2)20-9-7-8-10-23(20)34-25/h7-10,13-16,26H,5-6,11-12H2,1-4H3/q+1. The molecule has 3 aromatic rings. The van der Waals surface area contributed by atoms with Crippen LogP contribution in [-0.4, -0.2) is 31.4 Å². The van der Waals surface area contributed by atoms with Crippen LogP contribution in [0.5, 0.6) is 0 Å². The third kappa shape index (κ3) is 3.62. The summed E-state index contributed by atoms with van der Waals surface area (Å²) in [4.78, 5) is 2.10. The van der Waals surface area contributed by atoms with Crippen LogP contribution in [0.4, 0.5) is 11.4 Å². The van der Waals surface area contributed by atoms with Crippen molar-refractivity contribution in [1.82, 2.24) is 4.48 Å². The first kappa shape index (κ1) is 24.1. The minimum absolute atomic E-state index is 0.0197. The van der Waals surface area contributed by atoms with Crippen LogP contribution in [0, 0.1) is 6.92 Å². The Hall–Kier alpha value is -2.65. The number of halogens is 1. The molecule has 2 aliphatic rings. The largest absolute Gasteiger partial charge is 0.743 e. The number of rotatable bonds is 5. The molecule has 2 unspecified atom stereocenters. The third-order valence-corrected chi connectivity index (χ3v) is 8.86. The number of para-hydroxylation sites is 2. The summed E-state index contributed by atoms with van der Waals surface area (Å²) in [5.41, 5.74) is 5.28. The van der Waals surface area contributed by atoms with Gasteiger partial charge in [-0.05, 0) is 51.0 Å². The molecule has 5 rings (SSSR count). The van der Waals surface area contributed by atoms with E-state index >= 15 is 0 Å². The molecule has 0 amide bonds. The zero-order valence-electron chi connectivity index (χ0n) is 20.3. The highest BCUT2D eigenvalue weighted by atomic mass is 35.5. The SMILES string of the molecule is CCN1/C(=C/C(C)=C/c2oc3ccccc3[n+]2CC)[N+]2(CCC2S(=O)(=O)[O-])c2cc(Cl)c(C)cc21. The number of nitrogens with zero attached hydrogens (tertiary/aromatic N) is 3. The first-order valence-electron chi connectivity index (χ1n) is 11.8. The van der Waals surface area contributed by atoms with Crippen molar-refractivity contribution >= 4 is 50.3 Å². The lowest BCUT2D eigenvalue weighted by Crippen LogP contribution is -2.68. The van der Waals surface area contributed by atoms with Crippen LogP contribution >= 0.6 is 11.6 Å². The highest BCUT2D eigenvalue weighted by molar-refractivity contribution is 7.86. The maximum Gasteiger partial charge on any atom is 0.374 e. The van der Waals surface area contributed by atoms with Crippen LogP contribution in [0.2, 0.25) is 5.02 Å². The van der Waals surface area contributed by atoms with Gasteiger partial charge in [0.05, 0.1) is 19.0 Å². The fourth-order valence-electron chi connectivity index (χ4n) is 5.50. The van der Waals surface area contributed by atoms with Crippen molar-refractivity contribution < 1.29 is 22.0 Å². The minimum atomic E-state index is -4.54. The lowest BCUT2D eigenvalue weighted by molar-refractivity contribution is -0.674. The van der Waals surface area contributed by atoms with E-state index in [0.29, 0.717) is 30.4 Å². The molecule has 0 N–H and O–H groups in total. The van der Waals surface area contributed by atoms with Gasteiger partial charge in [-0.2, -0.15) is 4.57 Å². The second-order valence-corrected chi connectivity index (χ2v) is 11.1. The average Bonchev–Trinajstić information content (AvgIpc) is 3.24. The zero-order valence-corrected chi connectivity index (χ0v) is 21.9. The first-order chi connectivity index (χ1) is 16.6. The molecular weight excluding hydrogens is 486 g/mol. The van der Waals surface area contributed by atoms with Gasteiger partial charge in [0.2, 0.25) is 11.4 Å². The van der Waals surface area contributed by atoms with Gasteiger partial charge >= 0.3 is 5.89 Å². The van der Waals surface area contributed by atoms with Crippen molar-refractivity contribution in [2.75, 3.05) is 18.0 Å². The average molecular weight is 515 g/mol. The summed E-state index contributed by atoms with van der Waals surface area (Å²) in [5, 5.41) is -0.520. The Bertz CT molecular complexity index is 1510. The normalized spacial score (nSPS) is 23.4. The van der Waals surface area contributed by atoms with Gasteiger partial charge in [-0.25, -0.2) is 12.9 Å². The predicted octanol–water partition coefficient (Wildman–Crippen LogP) is 5.07. The Balaban J connectivity index is 1.69. The molecule has 1 spiro atoms. The van der Waals surface area contributed by atoms with Crippen molar-refractivity contribution in [3.63, 3.8) is 0 Å². The number of oxazole rings is 1. The van der Waals surface area contributed by atoms with Crippen LogP contribution in [0.3, 0.4) is 0 Å². The molecule has 1 saturated heterocycles. The van der Waals surface area contributed by atoms with E-state index in [1.165, 1.54) is 0 Å². The number of quaternary nitrogens is 1. The summed E-state index contributed by atoms with van der Waals surface area (Å²) >= 11 is 6.48. The van der Waals surface area contributed by atoms with Gasteiger partial charge < -0.3 is 8.97 Å². The number of benzene rings is 2. The molecule has 9 heteroatoms. The lowest BCUT2D eigenvalue weighted by Gasteiger charge is -2.50. The van der Waals surface area contributed by atoms with Crippen molar-refractivity contribution in [3.8, 4) is 0 Å². The minimum Gasteiger partial charge on any atom is -0.743 e. The molecule has 0 bridgehead atoms. The van der Waals surface area contributed by atoms with Gasteiger partial charge in [0.25, 0.3) is 5.52 Å². The van der Waals surface area contributed by atoms with Gasteiger partial charge in [0, 0.05) is 29.8 Å². The number of fused-ring (bicyclic) bond motifs is 3. The van der Waals surface area contributed by atoms with E-state index in [1.807, 2.05) is 69.3 Å². The Morgan fingerprint density at radius 2 is 2.06 bits per heavy atom. The molecule has 2 aliphatic heterocycles. The second kappa shape index (κ2) is 8.48. The summed E-state index contributed by atoms with van der Waals surface area (Å²) in [6.45, 7) is 9.87. The van der Waals surface area contributed by atoms with Crippen LogP contribution in [0.1, 0.15) is 38.6 Å². The van der Waals surface area contributed by atoms with E-state index in [0.717, 1.165) is 46.0 Å². The van der Waals surface area contributed by atoms with Crippen molar-refractivity contribution in [1.29, 1.82) is 0 Å². The highest BCUT2D eigenvalue weighted by Gasteiger charge is 2.61. The van der Waals surface area contributed by atoms with Gasteiger partial charge in [-0.15, -0.1) is 0 Å². The topological polar surface area (TPSA) is 77.5 Å².